The molecule has 0 spiro atoms. The Morgan fingerprint density at radius 2 is 1.72 bits per heavy atom. The molecule has 0 N–H and O–H groups in total. The molecule has 0 bridgehead atoms. The van der Waals surface area contributed by atoms with E-state index in [0.717, 1.165) is 63.1 Å². The zero-order chi connectivity index (χ0) is 22.3. The highest BCUT2D eigenvalue weighted by Crippen LogP contribution is 2.22. The van der Waals surface area contributed by atoms with Crippen molar-refractivity contribution in [3.8, 4) is 5.75 Å². The van der Waals surface area contributed by atoms with Gasteiger partial charge in [-0.05, 0) is 75.4 Å². The van der Waals surface area contributed by atoms with Gasteiger partial charge >= 0.3 is 0 Å². The number of amides is 2. The number of piperidine rings is 1. The molecule has 6 nitrogen and oxygen atoms in total. The van der Waals surface area contributed by atoms with Gasteiger partial charge in [-0.2, -0.15) is 0 Å². The van der Waals surface area contributed by atoms with Crippen LogP contribution in [0.3, 0.4) is 0 Å². The van der Waals surface area contributed by atoms with E-state index in [9.17, 15) is 9.59 Å². The number of aryl methyl sites for hydroxylation is 1. The predicted molar refractivity (Wildman–Crippen MR) is 124 cm³/mol. The molecule has 0 saturated carbocycles. The number of ether oxygens (including phenoxy) is 2. The monoisotopic (exact) mass is 436 g/mol. The number of likely N-dealkylation sites (tertiary alicyclic amines) is 1. The van der Waals surface area contributed by atoms with Crippen molar-refractivity contribution in [3.63, 3.8) is 0 Å². The second-order valence-electron chi connectivity index (χ2n) is 8.64. The van der Waals surface area contributed by atoms with Gasteiger partial charge in [0.15, 0.2) is 0 Å². The molecule has 2 heterocycles. The fourth-order valence-corrected chi connectivity index (χ4v) is 4.20. The molecule has 2 aliphatic heterocycles. The lowest BCUT2D eigenvalue weighted by atomic mass is 10.1. The third-order valence-electron chi connectivity index (χ3n) is 6.15. The topological polar surface area (TPSA) is 59.1 Å². The Balaban J connectivity index is 1.47. The number of carbonyl (C=O) groups excluding carboxylic acids is 2. The second kappa shape index (κ2) is 10.6. The van der Waals surface area contributed by atoms with Crippen LogP contribution in [0.25, 0.3) is 0 Å². The largest absolute Gasteiger partial charge is 0.491 e. The molecule has 0 aromatic heterocycles. The van der Waals surface area contributed by atoms with Gasteiger partial charge in [-0.1, -0.05) is 17.7 Å². The second-order valence-corrected chi connectivity index (χ2v) is 8.64. The molecule has 1 unspecified atom stereocenters. The van der Waals surface area contributed by atoms with E-state index in [1.807, 2.05) is 48.2 Å². The average molecular weight is 437 g/mol. The van der Waals surface area contributed by atoms with Crippen molar-refractivity contribution in [2.24, 2.45) is 0 Å². The molecular weight excluding hydrogens is 404 g/mol. The van der Waals surface area contributed by atoms with E-state index in [2.05, 4.69) is 0 Å². The fraction of sp³-hybridized carbons (Fsp3) is 0.462. The summed E-state index contributed by atoms with van der Waals surface area (Å²) in [6.07, 6.45) is 5.45. The van der Waals surface area contributed by atoms with Crippen LogP contribution in [0.2, 0.25) is 0 Å². The van der Waals surface area contributed by atoms with Gasteiger partial charge in [-0.3, -0.25) is 14.5 Å². The van der Waals surface area contributed by atoms with Crippen molar-refractivity contribution in [1.82, 2.24) is 4.90 Å². The first-order valence-electron chi connectivity index (χ1n) is 11.6. The maximum Gasteiger partial charge on any atom is 0.258 e. The molecule has 2 amide bonds. The van der Waals surface area contributed by atoms with E-state index in [0.29, 0.717) is 17.9 Å². The Morgan fingerprint density at radius 1 is 1.00 bits per heavy atom. The first-order chi connectivity index (χ1) is 15.6. The maximum absolute atomic E-state index is 13.4. The molecule has 1 atom stereocenters. The van der Waals surface area contributed by atoms with Crippen molar-refractivity contribution < 1.29 is 19.1 Å². The number of carbonyl (C=O) groups is 2. The number of benzene rings is 2. The van der Waals surface area contributed by atoms with E-state index in [4.69, 9.17) is 9.47 Å². The number of rotatable bonds is 7. The highest BCUT2D eigenvalue weighted by atomic mass is 16.5. The zero-order valence-electron chi connectivity index (χ0n) is 18.8. The molecule has 2 aliphatic rings. The van der Waals surface area contributed by atoms with E-state index >= 15 is 0 Å². The molecule has 32 heavy (non-hydrogen) atoms. The lowest BCUT2D eigenvalue weighted by Gasteiger charge is -2.30. The highest BCUT2D eigenvalue weighted by Gasteiger charge is 2.25. The van der Waals surface area contributed by atoms with E-state index in [-0.39, 0.29) is 24.5 Å². The van der Waals surface area contributed by atoms with Crippen LogP contribution in [0.4, 0.5) is 5.69 Å². The van der Waals surface area contributed by atoms with Crippen LogP contribution in [0.5, 0.6) is 5.75 Å². The lowest BCUT2D eigenvalue weighted by Crippen LogP contribution is -2.45. The van der Waals surface area contributed by atoms with Crippen molar-refractivity contribution >= 4 is 17.5 Å². The summed E-state index contributed by atoms with van der Waals surface area (Å²) < 4.78 is 11.4. The minimum atomic E-state index is -0.190. The standard InChI is InChI=1S/C26H32N2O4/c1-20-7-11-22(12-8-20)28(18-25(29)27-15-3-2-4-16-27)26(30)21-9-13-23(14-10-21)32-19-24-6-5-17-31-24/h7-14,24H,2-6,15-19H2,1H3. The number of hydrogen-bond donors (Lipinski definition) is 0. The summed E-state index contributed by atoms with van der Waals surface area (Å²) >= 11 is 0. The van der Waals surface area contributed by atoms with Crippen LogP contribution in [-0.2, 0) is 9.53 Å². The summed E-state index contributed by atoms with van der Waals surface area (Å²) in [4.78, 5) is 29.8. The molecule has 0 aliphatic carbocycles. The smallest absolute Gasteiger partial charge is 0.258 e. The summed E-state index contributed by atoms with van der Waals surface area (Å²) in [6, 6.07) is 14.9. The number of hydrogen-bond acceptors (Lipinski definition) is 4. The van der Waals surface area contributed by atoms with Gasteiger partial charge in [-0.15, -0.1) is 0 Å². The molecule has 2 aromatic carbocycles. The first-order valence-corrected chi connectivity index (χ1v) is 11.6. The van der Waals surface area contributed by atoms with Crippen molar-refractivity contribution in [1.29, 1.82) is 0 Å². The maximum atomic E-state index is 13.4. The molecule has 2 fully saturated rings. The Kier molecular flexibility index (Phi) is 7.43. The van der Waals surface area contributed by atoms with Crippen LogP contribution in [0.15, 0.2) is 48.5 Å². The average Bonchev–Trinajstić information content (AvgIpc) is 3.36. The van der Waals surface area contributed by atoms with Gasteiger partial charge in [0, 0.05) is 30.9 Å². The van der Waals surface area contributed by atoms with Gasteiger partial charge in [0.1, 0.15) is 18.9 Å². The third kappa shape index (κ3) is 5.68. The molecule has 2 aromatic rings. The van der Waals surface area contributed by atoms with Crippen LogP contribution >= 0.6 is 0 Å². The van der Waals surface area contributed by atoms with Gasteiger partial charge in [0.2, 0.25) is 5.91 Å². The SMILES string of the molecule is Cc1ccc(N(CC(=O)N2CCCCC2)C(=O)c2ccc(OCC3CCCO3)cc2)cc1. The van der Waals surface area contributed by atoms with Crippen LogP contribution in [0.1, 0.15) is 48.0 Å². The van der Waals surface area contributed by atoms with Crippen LogP contribution in [-0.4, -0.2) is 55.7 Å². The summed E-state index contributed by atoms with van der Waals surface area (Å²) in [5, 5.41) is 0. The van der Waals surface area contributed by atoms with Gasteiger partial charge < -0.3 is 14.4 Å². The molecule has 0 radical (unpaired) electrons. The van der Waals surface area contributed by atoms with Crippen LogP contribution < -0.4 is 9.64 Å². The lowest BCUT2D eigenvalue weighted by molar-refractivity contribution is -0.130. The normalized spacial score (nSPS) is 18.4. The summed E-state index contributed by atoms with van der Waals surface area (Å²) in [7, 11) is 0. The molecule has 4 rings (SSSR count). The minimum Gasteiger partial charge on any atom is -0.491 e. The number of nitrogens with zero attached hydrogens (tertiary/aromatic N) is 2. The Hall–Kier alpha value is -2.86. The Morgan fingerprint density at radius 3 is 2.38 bits per heavy atom. The quantitative estimate of drug-likeness (QED) is 0.652. The van der Waals surface area contributed by atoms with Gasteiger partial charge in [0.25, 0.3) is 5.91 Å². The van der Waals surface area contributed by atoms with E-state index in [1.54, 1.807) is 17.0 Å². The van der Waals surface area contributed by atoms with E-state index in [1.165, 1.54) is 0 Å². The third-order valence-corrected chi connectivity index (χ3v) is 6.15. The molecule has 170 valence electrons. The van der Waals surface area contributed by atoms with E-state index < -0.39 is 0 Å². The van der Waals surface area contributed by atoms with Gasteiger partial charge in [-0.25, -0.2) is 0 Å². The summed E-state index contributed by atoms with van der Waals surface area (Å²) in [5.74, 6) is 0.517. The predicted octanol–water partition coefficient (Wildman–Crippen LogP) is 4.21. The molecular formula is C26H32N2O4. The van der Waals surface area contributed by atoms with Crippen molar-refractivity contribution in [3.05, 3.63) is 59.7 Å². The first kappa shape index (κ1) is 22.3. The van der Waals surface area contributed by atoms with Gasteiger partial charge in [0.05, 0.1) is 6.10 Å². The molecule has 2 saturated heterocycles. The zero-order valence-corrected chi connectivity index (χ0v) is 18.8. The van der Waals surface area contributed by atoms with Crippen molar-refractivity contribution in [2.75, 3.05) is 37.7 Å². The van der Waals surface area contributed by atoms with Crippen LogP contribution in [0, 0.1) is 6.92 Å². The summed E-state index contributed by atoms with van der Waals surface area (Å²) in [5.41, 5.74) is 2.36. The number of anilines is 1. The Labute approximate surface area is 190 Å². The van der Waals surface area contributed by atoms with Crippen molar-refractivity contribution in [2.45, 2.75) is 45.1 Å². The summed E-state index contributed by atoms with van der Waals surface area (Å²) in [6.45, 7) is 4.90. The minimum absolute atomic E-state index is 0.00450. The molecule has 6 heteroatoms. The fourth-order valence-electron chi connectivity index (χ4n) is 4.20. The Bertz CT molecular complexity index is 898. The highest BCUT2D eigenvalue weighted by molar-refractivity contribution is 6.08.